The summed E-state index contributed by atoms with van der Waals surface area (Å²) in [6.45, 7) is 10.2. The highest BCUT2D eigenvalue weighted by atomic mass is 15.4. The second kappa shape index (κ2) is 10.8. The first-order chi connectivity index (χ1) is 10.1. The summed E-state index contributed by atoms with van der Waals surface area (Å²) in [6.07, 6.45) is 13.8. The van der Waals surface area contributed by atoms with Crippen LogP contribution in [0.1, 0.15) is 84.8 Å². The monoisotopic (exact) mass is 293 g/mol. The van der Waals surface area contributed by atoms with E-state index in [1.807, 2.05) is 4.68 Å². The van der Waals surface area contributed by atoms with Crippen molar-refractivity contribution in [3.8, 4) is 0 Å². The molecule has 0 amide bonds. The van der Waals surface area contributed by atoms with Crippen molar-refractivity contribution in [2.75, 3.05) is 0 Å². The number of nitrogens with zero attached hydrogens (tertiary/aromatic N) is 3. The van der Waals surface area contributed by atoms with Gasteiger partial charge >= 0.3 is 0 Å². The highest BCUT2D eigenvalue weighted by Gasteiger charge is 2.02. The van der Waals surface area contributed by atoms with Crippen molar-refractivity contribution >= 4 is 0 Å². The second-order valence-electron chi connectivity index (χ2n) is 7.21. The quantitative estimate of drug-likeness (QED) is 0.492. The van der Waals surface area contributed by atoms with Crippen LogP contribution in [0.3, 0.4) is 0 Å². The average molecular weight is 293 g/mol. The van der Waals surface area contributed by atoms with Crippen molar-refractivity contribution < 1.29 is 0 Å². The first-order valence-electron chi connectivity index (χ1n) is 8.97. The number of unbranched alkanes of at least 4 members (excludes halogenated alkanes) is 4. The molecule has 0 saturated carbocycles. The van der Waals surface area contributed by atoms with Crippen molar-refractivity contribution in [1.82, 2.24) is 15.0 Å². The van der Waals surface area contributed by atoms with Crippen molar-refractivity contribution in [2.24, 2.45) is 11.8 Å². The Morgan fingerprint density at radius 3 is 2.19 bits per heavy atom. The van der Waals surface area contributed by atoms with Gasteiger partial charge in [0, 0.05) is 12.7 Å². The second-order valence-corrected chi connectivity index (χ2v) is 7.21. The molecule has 0 bridgehead atoms. The zero-order valence-electron chi connectivity index (χ0n) is 14.6. The van der Waals surface area contributed by atoms with Gasteiger partial charge in [0.25, 0.3) is 0 Å². The van der Waals surface area contributed by atoms with Gasteiger partial charge in [-0.1, -0.05) is 71.4 Å². The van der Waals surface area contributed by atoms with Gasteiger partial charge < -0.3 is 0 Å². The largest absolute Gasteiger partial charge is 0.252 e. The van der Waals surface area contributed by atoms with Gasteiger partial charge in [-0.2, -0.15) is 0 Å². The molecule has 0 saturated heterocycles. The molecule has 0 radical (unpaired) electrons. The van der Waals surface area contributed by atoms with E-state index in [1.165, 1.54) is 51.4 Å². The lowest BCUT2D eigenvalue weighted by atomic mass is 10.0. The van der Waals surface area contributed by atoms with Crippen LogP contribution in [0.15, 0.2) is 6.20 Å². The predicted molar refractivity (Wildman–Crippen MR) is 90.3 cm³/mol. The molecule has 0 aromatic carbocycles. The zero-order chi connectivity index (χ0) is 15.5. The normalized spacial score (nSPS) is 11.7. The Kier molecular flexibility index (Phi) is 9.36. The summed E-state index contributed by atoms with van der Waals surface area (Å²) in [4.78, 5) is 0. The summed E-state index contributed by atoms with van der Waals surface area (Å²) in [5.74, 6) is 1.64. The number of aromatic nitrogens is 3. The van der Waals surface area contributed by atoms with E-state index in [0.717, 1.165) is 30.5 Å². The Morgan fingerprint density at radius 1 is 0.857 bits per heavy atom. The first kappa shape index (κ1) is 18.2. The van der Waals surface area contributed by atoms with Crippen LogP contribution in [-0.2, 0) is 13.0 Å². The Balaban J connectivity index is 2.03. The number of rotatable bonds is 12. The third kappa shape index (κ3) is 9.65. The average Bonchev–Trinajstić information content (AvgIpc) is 2.85. The van der Waals surface area contributed by atoms with Crippen molar-refractivity contribution in [3.63, 3.8) is 0 Å². The third-order valence-electron chi connectivity index (χ3n) is 3.97. The fourth-order valence-electron chi connectivity index (χ4n) is 2.61. The van der Waals surface area contributed by atoms with Crippen LogP contribution < -0.4 is 0 Å². The summed E-state index contributed by atoms with van der Waals surface area (Å²) in [5.41, 5.74) is 1.16. The van der Waals surface area contributed by atoms with Gasteiger partial charge in [0.05, 0.1) is 5.69 Å². The van der Waals surface area contributed by atoms with Gasteiger partial charge in [-0.3, -0.25) is 4.68 Å². The zero-order valence-corrected chi connectivity index (χ0v) is 14.6. The van der Waals surface area contributed by atoms with E-state index in [2.05, 4.69) is 44.2 Å². The van der Waals surface area contributed by atoms with Crippen molar-refractivity contribution in [2.45, 2.75) is 92.0 Å². The van der Waals surface area contributed by atoms with E-state index in [-0.39, 0.29) is 0 Å². The van der Waals surface area contributed by atoms with E-state index >= 15 is 0 Å². The number of hydrogen-bond donors (Lipinski definition) is 0. The van der Waals surface area contributed by atoms with Gasteiger partial charge in [-0.25, -0.2) is 0 Å². The number of hydrogen-bond acceptors (Lipinski definition) is 2. The number of aryl methyl sites for hydroxylation is 2. The standard InChI is InChI=1S/C18H35N3/c1-16(2)11-8-6-5-7-9-14-21-15-18(19-20-21)13-10-12-17(3)4/h15-17H,5-14H2,1-4H3. The maximum absolute atomic E-state index is 4.27. The molecule has 0 aliphatic carbocycles. The minimum atomic E-state index is 0.788. The molecule has 0 fully saturated rings. The Bertz CT molecular complexity index is 355. The molecule has 1 aromatic rings. The van der Waals surface area contributed by atoms with Gasteiger partial charge in [-0.15, -0.1) is 5.10 Å². The van der Waals surface area contributed by atoms with Crippen LogP contribution in [0, 0.1) is 11.8 Å². The SMILES string of the molecule is CC(C)CCCCCCCn1cc(CCCC(C)C)nn1. The van der Waals surface area contributed by atoms with E-state index in [1.54, 1.807) is 0 Å². The van der Waals surface area contributed by atoms with Crippen LogP contribution >= 0.6 is 0 Å². The van der Waals surface area contributed by atoms with E-state index in [0.29, 0.717) is 0 Å². The van der Waals surface area contributed by atoms with Crippen molar-refractivity contribution in [1.29, 1.82) is 0 Å². The molecule has 3 heteroatoms. The first-order valence-corrected chi connectivity index (χ1v) is 8.97. The Hall–Kier alpha value is -0.860. The fraction of sp³-hybridized carbons (Fsp3) is 0.889. The highest BCUT2D eigenvalue weighted by Crippen LogP contribution is 2.11. The van der Waals surface area contributed by atoms with Gasteiger partial charge in [0.15, 0.2) is 0 Å². The highest BCUT2D eigenvalue weighted by molar-refractivity contribution is 4.92. The molecule has 3 nitrogen and oxygen atoms in total. The molecule has 1 rings (SSSR count). The minimum absolute atomic E-state index is 0.788. The molecular weight excluding hydrogens is 258 g/mol. The van der Waals surface area contributed by atoms with Crippen LogP contribution in [-0.4, -0.2) is 15.0 Å². The third-order valence-corrected chi connectivity index (χ3v) is 3.97. The molecule has 0 aliphatic heterocycles. The maximum atomic E-state index is 4.27. The van der Waals surface area contributed by atoms with Crippen molar-refractivity contribution in [3.05, 3.63) is 11.9 Å². The van der Waals surface area contributed by atoms with Crippen LogP contribution in [0.5, 0.6) is 0 Å². The Labute approximate surface area is 131 Å². The molecule has 1 aromatic heterocycles. The molecule has 0 aliphatic rings. The minimum Gasteiger partial charge on any atom is -0.252 e. The summed E-state index contributed by atoms with van der Waals surface area (Å²) < 4.78 is 2.03. The molecule has 21 heavy (non-hydrogen) atoms. The van der Waals surface area contributed by atoms with Gasteiger partial charge in [0.1, 0.15) is 0 Å². The summed E-state index contributed by atoms with van der Waals surface area (Å²) in [6, 6.07) is 0. The topological polar surface area (TPSA) is 30.7 Å². The van der Waals surface area contributed by atoms with E-state index < -0.39 is 0 Å². The van der Waals surface area contributed by atoms with Crippen LogP contribution in [0.2, 0.25) is 0 Å². The smallest absolute Gasteiger partial charge is 0.0827 e. The molecular formula is C18H35N3. The fourth-order valence-corrected chi connectivity index (χ4v) is 2.61. The molecule has 1 heterocycles. The summed E-state index contributed by atoms with van der Waals surface area (Å²) in [7, 11) is 0. The maximum Gasteiger partial charge on any atom is 0.0827 e. The molecule has 0 atom stereocenters. The molecule has 0 N–H and O–H groups in total. The van der Waals surface area contributed by atoms with Crippen LogP contribution in [0.4, 0.5) is 0 Å². The Morgan fingerprint density at radius 2 is 1.48 bits per heavy atom. The lowest BCUT2D eigenvalue weighted by Gasteiger charge is -2.04. The van der Waals surface area contributed by atoms with Gasteiger partial charge in [-0.05, 0) is 31.1 Å². The molecule has 122 valence electrons. The lowest BCUT2D eigenvalue weighted by Crippen LogP contribution is -1.98. The van der Waals surface area contributed by atoms with E-state index in [9.17, 15) is 0 Å². The molecule has 0 unspecified atom stereocenters. The summed E-state index contributed by atoms with van der Waals surface area (Å²) in [5, 5.41) is 8.51. The van der Waals surface area contributed by atoms with Crippen LogP contribution in [0.25, 0.3) is 0 Å². The lowest BCUT2D eigenvalue weighted by molar-refractivity contribution is 0.490. The summed E-state index contributed by atoms with van der Waals surface area (Å²) >= 11 is 0. The van der Waals surface area contributed by atoms with E-state index in [4.69, 9.17) is 0 Å². The predicted octanol–water partition coefficient (Wildman–Crippen LogP) is 5.25. The van der Waals surface area contributed by atoms with Gasteiger partial charge in [0.2, 0.25) is 0 Å². The molecule has 0 spiro atoms.